The third kappa shape index (κ3) is 4.71. The Kier molecular flexibility index (Phi) is 4.84. The number of anilines is 1. The van der Waals surface area contributed by atoms with Gasteiger partial charge in [-0.3, -0.25) is 14.4 Å². The summed E-state index contributed by atoms with van der Waals surface area (Å²) in [5.41, 5.74) is 0.603. The zero-order chi connectivity index (χ0) is 15.3. The van der Waals surface area contributed by atoms with Crippen LogP contribution in [0.4, 0.5) is 18.9 Å². The Labute approximate surface area is 112 Å². The molecule has 1 rings (SSSR count). The first kappa shape index (κ1) is 15.7. The van der Waals surface area contributed by atoms with Crippen LogP contribution in [0.5, 0.6) is 0 Å². The Morgan fingerprint density at radius 2 is 1.85 bits per heavy atom. The fourth-order valence-electron chi connectivity index (χ4n) is 1.28. The molecule has 0 radical (unpaired) electrons. The summed E-state index contributed by atoms with van der Waals surface area (Å²) in [6.07, 6.45) is -5.03. The van der Waals surface area contributed by atoms with Crippen molar-refractivity contribution in [2.24, 2.45) is 0 Å². The summed E-state index contributed by atoms with van der Waals surface area (Å²) >= 11 is 0. The first-order chi connectivity index (χ1) is 9.20. The van der Waals surface area contributed by atoms with Crippen molar-refractivity contribution in [1.29, 1.82) is 0 Å². The van der Waals surface area contributed by atoms with E-state index in [1.807, 2.05) is 0 Å². The molecule has 0 fully saturated rings. The van der Waals surface area contributed by atoms with E-state index in [0.717, 1.165) is 0 Å². The normalized spacial score (nSPS) is 10.8. The lowest BCUT2D eigenvalue weighted by molar-refractivity contribution is -0.173. The summed E-state index contributed by atoms with van der Waals surface area (Å²) in [5.74, 6) is -3.24. The van der Waals surface area contributed by atoms with Crippen molar-refractivity contribution in [1.82, 2.24) is 5.32 Å². The average molecular weight is 288 g/mol. The number of hydrogen-bond donors (Lipinski definition) is 2. The molecule has 2 N–H and O–H groups in total. The molecule has 8 heteroatoms. The molecule has 0 aliphatic carbocycles. The molecule has 5 nitrogen and oxygen atoms in total. The van der Waals surface area contributed by atoms with Crippen LogP contribution >= 0.6 is 0 Å². The molecule has 0 saturated carbocycles. The van der Waals surface area contributed by atoms with Crippen LogP contribution in [0.15, 0.2) is 24.3 Å². The number of carbonyl (C=O) groups excluding carboxylic acids is 3. The number of hydrogen-bond acceptors (Lipinski definition) is 3. The Balaban J connectivity index is 2.57. The number of ketones is 1. The van der Waals surface area contributed by atoms with Gasteiger partial charge in [0, 0.05) is 11.3 Å². The lowest BCUT2D eigenvalue weighted by Crippen LogP contribution is -2.41. The predicted molar refractivity (Wildman–Crippen MR) is 64.1 cm³/mol. The van der Waals surface area contributed by atoms with Gasteiger partial charge >= 0.3 is 12.1 Å². The van der Waals surface area contributed by atoms with Crippen LogP contribution < -0.4 is 10.6 Å². The van der Waals surface area contributed by atoms with Gasteiger partial charge in [0.15, 0.2) is 5.78 Å². The number of rotatable bonds is 4. The molecule has 0 saturated heterocycles. The van der Waals surface area contributed by atoms with Crippen LogP contribution in [-0.2, 0) is 9.59 Å². The maximum atomic E-state index is 11.9. The third-order valence-electron chi connectivity index (χ3n) is 2.22. The summed E-state index contributed by atoms with van der Waals surface area (Å²) in [4.78, 5) is 33.0. The predicted octanol–water partition coefficient (Wildman–Crippen LogP) is 1.51. The molecule has 0 spiro atoms. The fourth-order valence-corrected chi connectivity index (χ4v) is 1.28. The van der Waals surface area contributed by atoms with Gasteiger partial charge in [-0.25, -0.2) is 0 Å². The molecular formula is C12H11F3N2O3. The molecule has 0 aromatic heterocycles. The minimum atomic E-state index is -5.03. The Bertz CT molecular complexity index is 541. The van der Waals surface area contributed by atoms with Crippen molar-refractivity contribution < 1.29 is 27.6 Å². The molecule has 0 aliphatic rings. The number of nitrogens with one attached hydrogen (secondary N) is 2. The topological polar surface area (TPSA) is 75.3 Å². The van der Waals surface area contributed by atoms with Crippen molar-refractivity contribution in [3.8, 4) is 0 Å². The summed E-state index contributed by atoms with van der Waals surface area (Å²) in [6, 6.07) is 5.89. The van der Waals surface area contributed by atoms with Gasteiger partial charge in [0.1, 0.15) is 0 Å². The standard InChI is InChI=1S/C12H11F3N2O3/c1-7(18)8-3-2-4-9(5-8)17-10(19)6-16-11(20)12(13,14)15/h2-5H,6H2,1H3,(H,16,20)(H,17,19). The van der Waals surface area contributed by atoms with E-state index in [4.69, 9.17) is 0 Å². The maximum Gasteiger partial charge on any atom is 0.471 e. The quantitative estimate of drug-likeness (QED) is 0.825. The van der Waals surface area contributed by atoms with Crippen molar-refractivity contribution in [3.05, 3.63) is 29.8 Å². The van der Waals surface area contributed by atoms with Gasteiger partial charge in [-0.05, 0) is 19.1 Å². The van der Waals surface area contributed by atoms with Gasteiger partial charge in [0.2, 0.25) is 5.91 Å². The average Bonchev–Trinajstić information content (AvgIpc) is 2.35. The van der Waals surface area contributed by atoms with Crippen LogP contribution in [0.2, 0.25) is 0 Å². The second-order valence-electron chi connectivity index (χ2n) is 3.87. The number of alkyl halides is 3. The first-order valence-electron chi connectivity index (χ1n) is 5.46. The minimum Gasteiger partial charge on any atom is -0.339 e. The highest BCUT2D eigenvalue weighted by Crippen LogP contribution is 2.14. The molecule has 2 amide bonds. The summed E-state index contributed by atoms with van der Waals surface area (Å²) in [7, 11) is 0. The van der Waals surface area contributed by atoms with E-state index in [1.54, 1.807) is 0 Å². The minimum absolute atomic E-state index is 0.216. The molecule has 0 aliphatic heterocycles. The highest BCUT2D eigenvalue weighted by atomic mass is 19.4. The van der Waals surface area contributed by atoms with Crippen molar-refractivity contribution in [2.75, 3.05) is 11.9 Å². The molecule has 0 atom stereocenters. The van der Waals surface area contributed by atoms with Crippen LogP contribution in [0, 0.1) is 0 Å². The van der Waals surface area contributed by atoms with E-state index in [-0.39, 0.29) is 11.5 Å². The highest BCUT2D eigenvalue weighted by molar-refractivity contribution is 5.98. The maximum absolute atomic E-state index is 11.9. The third-order valence-corrected chi connectivity index (χ3v) is 2.22. The Morgan fingerprint density at radius 3 is 2.40 bits per heavy atom. The summed E-state index contributed by atoms with van der Waals surface area (Å²) < 4.78 is 35.7. The molecule has 1 aromatic carbocycles. The van der Waals surface area contributed by atoms with E-state index in [2.05, 4.69) is 5.32 Å². The second-order valence-corrected chi connectivity index (χ2v) is 3.87. The second kappa shape index (κ2) is 6.18. The Hall–Kier alpha value is -2.38. The van der Waals surface area contributed by atoms with Gasteiger partial charge in [-0.2, -0.15) is 13.2 Å². The van der Waals surface area contributed by atoms with Crippen LogP contribution in [0.25, 0.3) is 0 Å². The fraction of sp³-hybridized carbons (Fsp3) is 0.250. The van der Waals surface area contributed by atoms with Gasteiger partial charge in [-0.15, -0.1) is 0 Å². The van der Waals surface area contributed by atoms with Crippen molar-refractivity contribution in [3.63, 3.8) is 0 Å². The molecule has 0 unspecified atom stereocenters. The number of amides is 2. The number of carbonyl (C=O) groups is 3. The van der Waals surface area contributed by atoms with Gasteiger partial charge in [0.25, 0.3) is 0 Å². The highest BCUT2D eigenvalue weighted by Gasteiger charge is 2.38. The molecule has 20 heavy (non-hydrogen) atoms. The number of halogens is 3. The molecule has 0 heterocycles. The van der Waals surface area contributed by atoms with E-state index >= 15 is 0 Å². The largest absolute Gasteiger partial charge is 0.471 e. The van der Waals surface area contributed by atoms with Crippen LogP contribution in [0.3, 0.4) is 0 Å². The van der Waals surface area contributed by atoms with E-state index in [1.165, 1.54) is 36.5 Å². The molecule has 0 bridgehead atoms. The van der Waals surface area contributed by atoms with Crippen LogP contribution in [-0.4, -0.2) is 30.3 Å². The van der Waals surface area contributed by atoms with Crippen LogP contribution in [0.1, 0.15) is 17.3 Å². The summed E-state index contributed by atoms with van der Waals surface area (Å²) in [6.45, 7) is 0.521. The smallest absolute Gasteiger partial charge is 0.339 e. The monoisotopic (exact) mass is 288 g/mol. The van der Waals surface area contributed by atoms with Gasteiger partial charge < -0.3 is 10.6 Å². The van der Waals surface area contributed by atoms with Gasteiger partial charge in [-0.1, -0.05) is 12.1 Å². The molecule has 108 valence electrons. The van der Waals surface area contributed by atoms with E-state index < -0.39 is 24.5 Å². The Morgan fingerprint density at radius 1 is 1.20 bits per heavy atom. The van der Waals surface area contributed by atoms with Gasteiger partial charge in [0.05, 0.1) is 6.54 Å². The van der Waals surface area contributed by atoms with Crippen molar-refractivity contribution in [2.45, 2.75) is 13.1 Å². The zero-order valence-electron chi connectivity index (χ0n) is 10.4. The summed E-state index contributed by atoms with van der Waals surface area (Å²) in [5, 5.41) is 3.71. The molecular weight excluding hydrogens is 277 g/mol. The lowest BCUT2D eigenvalue weighted by atomic mass is 10.1. The number of Topliss-reactive ketones (excluding diaryl/α,β-unsaturated/α-hetero) is 1. The molecule has 1 aromatic rings. The van der Waals surface area contributed by atoms with E-state index in [0.29, 0.717) is 5.56 Å². The first-order valence-corrected chi connectivity index (χ1v) is 5.46. The number of benzene rings is 1. The zero-order valence-corrected chi connectivity index (χ0v) is 10.4. The van der Waals surface area contributed by atoms with Crippen molar-refractivity contribution >= 4 is 23.3 Å². The SMILES string of the molecule is CC(=O)c1cccc(NC(=O)CNC(=O)C(F)(F)F)c1. The van der Waals surface area contributed by atoms with E-state index in [9.17, 15) is 27.6 Å². The lowest BCUT2D eigenvalue weighted by Gasteiger charge is -2.09.